The number of benzene rings is 1. The highest BCUT2D eigenvalue weighted by atomic mass is 19.1. The minimum absolute atomic E-state index is 0.0292. The SMILES string of the molecule is CCC1COC(C)CN1C(C)c1ccc(F)cc1O. The zero-order chi connectivity index (χ0) is 14.0. The first-order chi connectivity index (χ1) is 9.02. The van der Waals surface area contributed by atoms with Gasteiger partial charge < -0.3 is 9.84 Å². The molecule has 19 heavy (non-hydrogen) atoms. The van der Waals surface area contributed by atoms with E-state index in [1.807, 2.05) is 6.92 Å². The van der Waals surface area contributed by atoms with Crippen LogP contribution in [-0.4, -0.2) is 35.3 Å². The molecule has 0 aromatic heterocycles. The molecule has 1 aliphatic heterocycles. The lowest BCUT2D eigenvalue weighted by Crippen LogP contribution is -2.49. The predicted octanol–water partition coefficient (Wildman–Crippen LogP) is 3.09. The molecule has 106 valence electrons. The van der Waals surface area contributed by atoms with Crippen LogP contribution in [0.2, 0.25) is 0 Å². The fraction of sp³-hybridized carbons (Fsp3) is 0.600. The van der Waals surface area contributed by atoms with Crippen LogP contribution in [0.15, 0.2) is 18.2 Å². The van der Waals surface area contributed by atoms with Gasteiger partial charge in [0.25, 0.3) is 0 Å². The molecule has 1 N–H and O–H groups in total. The Morgan fingerprint density at radius 2 is 2.26 bits per heavy atom. The largest absolute Gasteiger partial charge is 0.508 e. The van der Waals surface area contributed by atoms with Gasteiger partial charge in [-0.15, -0.1) is 0 Å². The van der Waals surface area contributed by atoms with Crippen LogP contribution >= 0.6 is 0 Å². The van der Waals surface area contributed by atoms with Gasteiger partial charge in [-0.05, 0) is 26.3 Å². The van der Waals surface area contributed by atoms with E-state index in [1.54, 1.807) is 6.07 Å². The number of aromatic hydroxyl groups is 1. The Bertz CT molecular complexity index is 438. The Morgan fingerprint density at radius 1 is 1.53 bits per heavy atom. The molecule has 0 bridgehead atoms. The van der Waals surface area contributed by atoms with E-state index in [4.69, 9.17) is 4.74 Å². The molecule has 0 aliphatic carbocycles. The molecule has 0 saturated carbocycles. The zero-order valence-electron chi connectivity index (χ0n) is 11.8. The summed E-state index contributed by atoms with van der Waals surface area (Å²) in [5.74, 6) is -0.377. The highest BCUT2D eigenvalue weighted by Gasteiger charge is 2.30. The lowest BCUT2D eigenvalue weighted by Gasteiger charge is -2.42. The summed E-state index contributed by atoms with van der Waals surface area (Å²) in [6.07, 6.45) is 1.19. The van der Waals surface area contributed by atoms with Crippen molar-refractivity contribution in [1.82, 2.24) is 4.90 Å². The van der Waals surface area contributed by atoms with E-state index < -0.39 is 5.82 Å². The number of nitrogens with zero attached hydrogens (tertiary/aromatic N) is 1. The van der Waals surface area contributed by atoms with Gasteiger partial charge >= 0.3 is 0 Å². The van der Waals surface area contributed by atoms with Gasteiger partial charge in [-0.3, -0.25) is 4.90 Å². The van der Waals surface area contributed by atoms with Crippen LogP contribution in [0.5, 0.6) is 5.75 Å². The van der Waals surface area contributed by atoms with Crippen molar-refractivity contribution in [2.24, 2.45) is 0 Å². The molecule has 1 aliphatic rings. The maximum Gasteiger partial charge on any atom is 0.126 e. The van der Waals surface area contributed by atoms with Crippen LogP contribution in [0.4, 0.5) is 4.39 Å². The Labute approximate surface area is 114 Å². The molecule has 3 unspecified atom stereocenters. The molecule has 1 heterocycles. The lowest BCUT2D eigenvalue weighted by atomic mass is 10.0. The van der Waals surface area contributed by atoms with Crippen molar-refractivity contribution in [3.05, 3.63) is 29.6 Å². The summed E-state index contributed by atoms with van der Waals surface area (Å²) in [5, 5.41) is 9.92. The van der Waals surface area contributed by atoms with Gasteiger partial charge in [0.15, 0.2) is 0 Å². The van der Waals surface area contributed by atoms with Crippen LogP contribution in [0.3, 0.4) is 0 Å². The molecule has 1 aromatic rings. The second kappa shape index (κ2) is 5.88. The standard InChI is InChI=1S/C15H22FNO2/c1-4-13-9-19-10(2)8-17(13)11(3)14-6-5-12(16)7-15(14)18/h5-7,10-11,13,18H,4,8-9H2,1-3H3. The van der Waals surface area contributed by atoms with Crippen LogP contribution in [0.25, 0.3) is 0 Å². The Morgan fingerprint density at radius 3 is 2.89 bits per heavy atom. The molecule has 3 atom stereocenters. The molecule has 1 fully saturated rings. The quantitative estimate of drug-likeness (QED) is 0.913. The van der Waals surface area contributed by atoms with Crippen LogP contribution < -0.4 is 0 Å². The van der Waals surface area contributed by atoms with Gasteiger partial charge in [-0.25, -0.2) is 4.39 Å². The number of phenols is 1. The summed E-state index contributed by atoms with van der Waals surface area (Å²) >= 11 is 0. The Kier molecular flexibility index (Phi) is 4.42. The fourth-order valence-electron chi connectivity index (χ4n) is 2.75. The van der Waals surface area contributed by atoms with Crippen molar-refractivity contribution in [3.63, 3.8) is 0 Å². The van der Waals surface area contributed by atoms with Crippen LogP contribution in [0, 0.1) is 5.82 Å². The van der Waals surface area contributed by atoms with Gasteiger partial charge in [0.2, 0.25) is 0 Å². The van der Waals surface area contributed by atoms with E-state index in [-0.39, 0.29) is 17.9 Å². The second-order valence-electron chi connectivity index (χ2n) is 5.28. The summed E-state index contributed by atoms with van der Waals surface area (Å²) in [6.45, 7) is 7.78. The van der Waals surface area contributed by atoms with Crippen LogP contribution in [0.1, 0.15) is 38.8 Å². The highest BCUT2D eigenvalue weighted by molar-refractivity contribution is 5.35. The molecular weight excluding hydrogens is 245 g/mol. The summed E-state index contributed by atoms with van der Waals surface area (Å²) in [6, 6.07) is 4.64. The topological polar surface area (TPSA) is 32.7 Å². The average Bonchev–Trinajstić information content (AvgIpc) is 2.38. The summed E-state index contributed by atoms with van der Waals surface area (Å²) in [5.41, 5.74) is 0.772. The minimum Gasteiger partial charge on any atom is -0.508 e. The summed E-state index contributed by atoms with van der Waals surface area (Å²) < 4.78 is 18.7. The number of ether oxygens (including phenoxy) is 1. The normalized spacial score (nSPS) is 26.3. The van der Waals surface area contributed by atoms with Crippen molar-refractivity contribution in [3.8, 4) is 5.75 Å². The van der Waals surface area contributed by atoms with Gasteiger partial charge in [0.1, 0.15) is 11.6 Å². The Balaban J connectivity index is 2.23. The van der Waals surface area contributed by atoms with E-state index in [0.29, 0.717) is 12.6 Å². The van der Waals surface area contributed by atoms with Crippen LogP contribution in [-0.2, 0) is 4.74 Å². The number of hydrogen-bond acceptors (Lipinski definition) is 3. The molecule has 1 aromatic carbocycles. The first-order valence-electron chi connectivity index (χ1n) is 6.88. The predicted molar refractivity (Wildman–Crippen MR) is 72.7 cm³/mol. The average molecular weight is 267 g/mol. The molecule has 3 nitrogen and oxygen atoms in total. The van der Waals surface area contributed by atoms with Crippen molar-refractivity contribution in [2.75, 3.05) is 13.2 Å². The smallest absolute Gasteiger partial charge is 0.126 e. The summed E-state index contributed by atoms with van der Waals surface area (Å²) in [7, 11) is 0. The molecule has 0 radical (unpaired) electrons. The number of hydrogen-bond donors (Lipinski definition) is 1. The first-order valence-corrected chi connectivity index (χ1v) is 6.88. The van der Waals surface area contributed by atoms with E-state index in [2.05, 4.69) is 18.7 Å². The molecule has 2 rings (SSSR count). The van der Waals surface area contributed by atoms with Crippen molar-refractivity contribution < 1.29 is 14.2 Å². The zero-order valence-corrected chi connectivity index (χ0v) is 11.8. The lowest BCUT2D eigenvalue weighted by molar-refractivity contribution is -0.0708. The van der Waals surface area contributed by atoms with Crippen molar-refractivity contribution in [1.29, 1.82) is 0 Å². The number of morpholine rings is 1. The van der Waals surface area contributed by atoms with Gasteiger partial charge in [-0.1, -0.05) is 13.0 Å². The monoisotopic (exact) mass is 267 g/mol. The number of phenolic OH excluding ortho intramolecular Hbond substituents is 1. The Hall–Kier alpha value is -1.13. The first kappa shape index (κ1) is 14.3. The van der Waals surface area contributed by atoms with Crippen molar-refractivity contribution in [2.45, 2.75) is 45.4 Å². The fourth-order valence-corrected chi connectivity index (χ4v) is 2.75. The second-order valence-corrected chi connectivity index (χ2v) is 5.28. The molecular formula is C15H22FNO2. The van der Waals surface area contributed by atoms with Gasteiger partial charge in [0.05, 0.1) is 12.7 Å². The van der Waals surface area contributed by atoms with E-state index in [1.165, 1.54) is 12.1 Å². The summed E-state index contributed by atoms with van der Waals surface area (Å²) in [4.78, 5) is 2.33. The number of halogens is 1. The van der Waals surface area contributed by atoms with E-state index >= 15 is 0 Å². The molecule has 0 spiro atoms. The third-order valence-corrected chi connectivity index (χ3v) is 3.92. The maximum absolute atomic E-state index is 13.1. The molecule has 4 heteroatoms. The minimum atomic E-state index is -0.407. The third-order valence-electron chi connectivity index (χ3n) is 3.92. The van der Waals surface area contributed by atoms with E-state index in [0.717, 1.165) is 18.5 Å². The van der Waals surface area contributed by atoms with Gasteiger partial charge in [-0.2, -0.15) is 0 Å². The van der Waals surface area contributed by atoms with E-state index in [9.17, 15) is 9.50 Å². The molecule has 1 saturated heterocycles. The third kappa shape index (κ3) is 3.07. The highest BCUT2D eigenvalue weighted by Crippen LogP contribution is 2.32. The number of rotatable bonds is 3. The maximum atomic E-state index is 13.1. The van der Waals surface area contributed by atoms with Crippen molar-refractivity contribution >= 4 is 0 Å². The molecule has 0 amide bonds. The van der Waals surface area contributed by atoms with Gasteiger partial charge in [0, 0.05) is 30.3 Å².